The Morgan fingerprint density at radius 3 is 2.71 bits per heavy atom. The van der Waals surface area contributed by atoms with E-state index in [0.29, 0.717) is 6.54 Å². The zero-order valence-electron chi connectivity index (χ0n) is 13.0. The molecule has 5 nitrogen and oxygen atoms in total. The second-order valence-corrected chi connectivity index (χ2v) is 5.44. The number of carbonyl (C=O) groups is 1. The Morgan fingerprint density at radius 1 is 1.38 bits per heavy atom. The van der Waals surface area contributed by atoms with Gasteiger partial charge in [-0.05, 0) is 24.1 Å². The highest BCUT2D eigenvalue weighted by Gasteiger charge is 2.34. The lowest BCUT2D eigenvalue weighted by Crippen LogP contribution is -2.30. The van der Waals surface area contributed by atoms with Crippen LogP contribution >= 0.6 is 0 Å². The third kappa shape index (κ3) is 4.82. The van der Waals surface area contributed by atoms with E-state index in [4.69, 9.17) is 0 Å². The Balaban J connectivity index is 1.89. The van der Waals surface area contributed by atoms with Crippen molar-refractivity contribution in [1.82, 2.24) is 15.1 Å². The number of rotatable bonds is 6. The molecular weight excluding hydrogens is 323 g/mol. The molecule has 0 fully saturated rings. The van der Waals surface area contributed by atoms with Crippen molar-refractivity contribution in [3.05, 3.63) is 53.3 Å². The van der Waals surface area contributed by atoms with Crippen molar-refractivity contribution in [1.29, 1.82) is 0 Å². The molecule has 0 saturated heterocycles. The van der Waals surface area contributed by atoms with Crippen LogP contribution in [0.1, 0.15) is 29.2 Å². The molecule has 1 atom stereocenters. The van der Waals surface area contributed by atoms with Gasteiger partial charge in [0, 0.05) is 25.7 Å². The Labute approximate surface area is 137 Å². The quantitative estimate of drug-likeness (QED) is 0.848. The topological polar surface area (TPSA) is 67.2 Å². The van der Waals surface area contributed by atoms with Gasteiger partial charge in [-0.1, -0.05) is 18.2 Å². The number of hydrogen-bond donors (Lipinski definition) is 2. The number of nitrogens with one attached hydrogen (secondary N) is 1. The third-order valence-electron chi connectivity index (χ3n) is 3.45. The molecule has 0 radical (unpaired) electrons. The summed E-state index contributed by atoms with van der Waals surface area (Å²) in [4.78, 5) is 11.8. The fourth-order valence-electron chi connectivity index (χ4n) is 2.26. The van der Waals surface area contributed by atoms with Crippen molar-refractivity contribution < 1.29 is 23.1 Å². The Morgan fingerprint density at radius 2 is 2.08 bits per heavy atom. The maximum absolute atomic E-state index is 12.9. The van der Waals surface area contributed by atoms with Gasteiger partial charge < -0.3 is 10.4 Å². The second kappa shape index (κ2) is 7.48. The molecule has 1 aromatic heterocycles. The molecule has 24 heavy (non-hydrogen) atoms. The predicted octanol–water partition coefficient (Wildman–Crippen LogP) is 2.45. The van der Waals surface area contributed by atoms with Gasteiger partial charge in [0.2, 0.25) is 5.91 Å². The number of aliphatic hydroxyl groups excluding tert-OH is 1. The SMILES string of the molecule is Cc1cnn(CCC(=O)NCC(O)c2ccccc2C(F)(F)F)c1. The monoisotopic (exact) mass is 341 g/mol. The van der Waals surface area contributed by atoms with E-state index in [9.17, 15) is 23.1 Å². The molecule has 2 rings (SSSR count). The van der Waals surface area contributed by atoms with Crippen LogP contribution in [0.25, 0.3) is 0 Å². The van der Waals surface area contributed by atoms with Gasteiger partial charge in [0.25, 0.3) is 0 Å². The lowest BCUT2D eigenvalue weighted by Gasteiger charge is -2.17. The highest BCUT2D eigenvalue weighted by atomic mass is 19.4. The third-order valence-corrected chi connectivity index (χ3v) is 3.45. The first-order chi connectivity index (χ1) is 11.3. The van der Waals surface area contributed by atoms with Crippen LogP contribution in [0.4, 0.5) is 13.2 Å². The molecule has 130 valence electrons. The largest absolute Gasteiger partial charge is 0.416 e. The normalized spacial score (nSPS) is 12.9. The minimum atomic E-state index is -4.56. The van der Waals surface area contributed by atoms with E-state index in [-0.39, 0.29) is 24.4 Å². The van der Waals surface area contributed by atoms with Gasteiger partial charge in [-0.3, -0.25) is 9.48 Å². The summed E-state index contributed by atoms with van der Waals surface area (Å²) in [6, 6.07) is 4.77. The van der Waals surface area contributed by atoms with E-state index in [2.05, 4.69) is 10.4 Å². The number of halogens is 3. The maximum atomic E-state index is 12.9. The van der Waals surface area contributed by atoms with E-state index in [1.165, 1.54) is 18.2 Å². The highest BCUT2D eigenvalue weighted by Crippen LogP contribution is 2.34. The van der Waals surface area contributed by atoms with Crippen molar-refractivity contribution in [2.75, 3.05) is 6.54 Å². The molecular formula is C16H18F3N3O2. The van der Waals surface area contributed by atoms with Crippen LogP contribution in [-0.2, 0) is 17.5 Å². The molecule has 1 amide bonds. The number of alkyl halides is 3. The number of hydrogen-bond acceptors (Lipinski definition) is 3. The standard InChI is InChI=1S/C16H18F3N3O2/c1-11-8-21-22(10-11)7-6-15(24)20-9-14(23)12-4-2-3-5-13(12)16(17,18)19/h2-5,8,10,14,23H,6-7,9H2,1H3,(H,20,24). The van der Waals surface area contributed by atoms with Crippen LogP contribution in [0, 0.1) is 6.92 Å². The average molecular weight is 341 g/mol. The first-order valence-electron chi connectivity index (χ1n) is 7.37. The lowest BCUT2D eigenvalue weighted by molar-refractivity contribution is -0.139. The first kappa shape index (κ1) is 18.0. The van der Waals surface area contributed by atoms with Crippen molar-refractivity contribution in [2.45, 2.75) is 32.2 Å². The van der Waals surface area contributed by atoms with Gasteiger partial charge >= 0.3 is 6.18 Å². The van der Waals surface area contributed by atoms with Crippen molar-refractivity contribution in [2.24, 2.45) is 0 Å². The van der Waals surface area contributed by atoms with E-state index < -0.39 is 17.8 Å². The van der Waals surface area contributed by atoms with Gasteiger partial charge in [-0.15, -0.1) is 0 Å². The number of aliphatic hydroxyl groups is 1. The summed E-state index contributed by atoms with van der Waals surface area (Å²) in [7, 11) is 0. The molecule has 0 bridgehead atoms. The number of carbonyl (C=O) groups excluding carboxylic acids is 1. The average Bonchev–Trinajstić information content (AvgIpc) is 2.95. The van der Waals surface area contributed by atoms with Crippen LogP contribution in [0.2, 0.25) is 0 Å². The number of benzene rings is 1. The summed E-state index contributed by atoms with van der Waals surface area (Å²) >= 11 is 0. The van der Waals surface area contributed by atoms with Gasteiger partial charge in [-0.2, -0.15) is 18.3 Å². The Hall–Kier alpha value is -2.35. The molecule has 0 spiro atoms. The number of amides is 1. The molecule has 8 heteroatoms. The summed E-state index contributed by atoms with van der Waals surface area (Å²) in [5.41, 5.74) is -0.193. The fraction of sp³-hybridized carbons (Fsp3) is 0.375. The Kier molecular flexibility index (Phi) is 5.61. The van der Waals surface area contributed by atoms with Gasteiger partial charge in [0.1, 0.15) is 0 Å². The summed E-state index contributed by atoms with van der Waals surface area (Å²) in [6.45, 7) is 1.94. The van der Waals surface area contributed by atoms with Crippen LogP contribution < -0.4 is 5.32 Å². The number of aromatic nitrogens is 2. The number of nitrogens with zero attached hydrogens (tertiary/aromatic N) is 2. The minimum Gasteiger partial charge on any atom is -0.387 e. The van der Waals surface area contributed by atoms with Gasteiger partial charge in [0.15, 0.2) is 0 Å². The lowest BCUT2D eigenvalue weighted by atomic mass is 10.0. The van der Waals surface area contributed by atoms with Crippen LogP contribution in [0.3, 0.4) is 0 Å². The molecule has 2 N–H and O–H groups in total. The molecule has 1 unspecified atom stereocenters. The first-order valence-corrected chi connectivity index (χ1v) is 7.37. The van der Waals surface area contributed by atoms with E-state index in [1.54, 1.807) is 17.1 Å². The zero-order valence-corrected chi connectivity index (χ0v) is 13.0. The van der Waals surface area contributed by atoms with Crippen LogP contribution in [0.5, 0.6) is 0 Å². The van der Waals surface area contributed by atoms with Crippen molar-refractivity contribution in [3.8, 4) is 0 Å². The van der Waals surface area contributed by atoms with Crippen LogP contribution in [-0.4, -0.2) is 27.3 Å². The fourth-order valence-corrected chi connectivity index (χ4v) is 2.26. The minimum absolute atomic E-state index is 0.120. The molecule has 2 aromatic rings. The zero-order chi connectivity index (χ0) is 17.7. The van der Waals surface area contributed by atoms with Crippen molar-refractivity contribution in [3.63, 3.8) is 0 Å². The summed E-state index contributed by atoms with van der Waals surface area (Å²) in [5, 5.41) is 16.4. The van der Waals surface area contributed by atoms with Crippen LogP contribution in [0.15, 0.2) is 36.7 Å². The van der Waals surface area contributed by atoms with E-state index in [0.717, 1.165) is 11.6 Å². The molecule has 1 heterocycles. The smallest absolute Gasteiger partial charge is 0.387 e. The molecule has 0 aliphatic heterocycles. The second-order valence-electron chi connectivity index (χ2n) is 5.44. The highest BCUT2D eigenvalue weighted by molar-refractivity contribution is 5.75. The van der Waals surface area contributed by atoms with Gasteiger partial charge in [0.05, 0.1) is 17.9 Å². The van der Waals surface area contributed by atoms with Gasteiger partial charge in [-0.25, -0.2) is 0 Å². The summed E-state index contributed by atoms with van der Waals surface area (Å²) < 4.78 is 40.3. The van der Waals surface area contributed by atoms with E-state index >= 15 is 0 Å². The number of aryl methyl sites for hydroxylation is 2. The summed E-state index contributed by atoms with van der Waals surface area (Å²) in [5.74, 6) is -0.369. The molecule has 1 aromatic carbocycles. The molecule has 0 aliphatic carbocycles. The predicted molar refractivity (Wildman–Crippen MR) is 81.0 cm³/mol. The Bertz CT molecular complexity index is 698. The van der Waals surface area contributed by atoms with Crippen molar-refractivity contribution >= 4 is 5.91 Å². The van der Waals surface area contributed by atoms with E-state index in [1.807, 2.05) is 6.92 Å². The summed E-state index contributed by atoms with van der Waals surface area (Å²) in [6.07, 6.45) is -2.43. The molecule has 0 saturated carbocycles. The maximum Gasteiger partial charge on any atom is 0.416 e. The molecule has 0 aliphatic rings.